The van der Waals surface area contributed by atoms with E-state index >= 15 is 0 Å². The summed E-state index contributed by atoms with van der Waals surface area (Å²) in [7, 11) is 0. The van der Waals surface area contributed by atoms with E-state index in [-0.39, 0.29) is 18.9 Å². The Morgan fingerprint density at radius 1 is 1.16 bits per heavy atom. The molecule has 1 fully saturated rings. The minimum absolute atomic E-state index is 0.0593. The maximum absolute atomic E-state index is 12.3. The van der Waals surface area contributed by atoms with Crippen LogP contribution in [0.15, 0.2) is 53.1 Å². The van der Waals surface area contributed by atoms with Crippen molar-refractivity contribution in [2.75, 3.05) is 6.54 Å². The van der Waals surface area contributed by atoms with Crippen molar-refractivity contribution < 1.29 is 18.8 Å². The highest BCUT2D eigenvalue weighted by Gasteiger charge is 2.39. The molecule has 1 saturated heterocycles. The molecule has 4 amide bonds. The third kappa shape index (κ3) is 4.26. The number of hydrogen-bond donors (Lipinski definition) is 2. The van der Waals surface area contributed by atoms with Crippen molar-refractivity contribution >= 4 is 17.8 Å². The first-order valence-corrected chi connectivity index (χ1v) is 8.08. The minimum Gasteiger partial charge on any atom is -0.467 e. The lowest BCUT2D eigenvalue weighted by Crippen LogP contribution is -2.37. The van der Waals surface area contributed by atoms with E-state index in [2.05, 4.69) is 10.6 Å². The number of nitrogens with zero attached hydrogens (tertiary/aromatic N) is 1. The summed E-state index contributed by atoms with van der Waals surface area (Å²) in [5.41, 5.74) is 1.12. The molecule has 3 rings (SSSR count). The second-order valence-electron chi connectivity index (χ2n) is 5.80. The summed E-state index contributed by atoms with van der Waals surface area (Å²) in [6, 6.07) is 11.8. The van der Waals surface area contributed by atoms with Crippen molar-refractivity contribution in [3.05, 3.63) is 60.1 Å². The molecule has 0 unspecified atom stereocenters. The van der Waals surface area contributed by atoms with Crippen LogP contribution >= 0.6 is 0 Å². The topological polar surface area (TPSA) is 91.7 Å². The molecule has 1 aliphatic heterocycles. The average Bonchev–Trinajstić information content (AvgIpc) is 3.20. The molecule has 1 aromatic heterocycles. The van der Waals surface area contributed by atoms with Crippen LogP contribution < -0.4 is 10.6 Å². The van der Waals surface area contributed by atoms with E-state index < -0.39 is 18.0 Å². The molecule has 0 bridgehead atoms. The Morgan fingerprint density at radius 3 is 2.68 bits per heavy atom. The summed E-state index contributed by atoms with van der Waals surface area (Å²) in [6.07, 6.45) is 2.11. The van der Waals surface area contributed by atoms with Gasteiger partial charge in [0.15, 0.2) is 0 Å². The maximum Gasteiger partial charge on any atom is 0.325 e. The Hall–Kier alpha value is -3.09. The van der Waals surface area contributed by atoms with E-state index in [4.69, 9.17) is 4.42 Å². The van der Waals surface area contributed by atoms with Crippen LogP contribution in [0.25, 0.3) is 0 Å². The highest BCUT2D eigenvalue weighted by atomic mass is 16.3. The van der Waals surface area contributed by atoms with Crippen LogP contribution in [0.4, 0.5) is 4.79 Å². The molecule has 1 atom stereocenters. The van der Waals surface area contributed by atoms with Gasteiger partial charge in [-0.2, -0.15) is 0 Å². The van der Waals surface area contributed by atoms with Gasteiger partial charge in [0, 0.05) is 6.54 Å². The molecule has 25 heavy (non-hydrogen) atoms. The van der Waals surface area contributed by atoms with Gasteiger partial charge in [0.05, 0.1) is 19.2 Å². The van der Waals surface area contributed by atoms with E-state index in [0.29, 0.717) is 18.7 Å². The smallest absolute Gasteiger partial charge is 0.325 e. The van der Waals surface area contributed by atoms with E-state index in [1.807, 2.05) is 30.3 Å². The number of furan rings is 1. The van der Waals surface area contributed by atoms with Gasteiger partial charge >= 0.3 is 6.03 Å². The Morgan fingerprint density at radius 2 is 1.96 bits per heavy atom. The molecule has 130 valence electrons. The Kier molecular flexibility index (Phi) is 5.13. The van der Waals surface area contributed by atoms with Crippen molar-refractivity contribution in [2.24, 2.45) is 0 Å². The van der Waals surface area contributed by atoms with Crippen molar-refractivity contribution in [2.45, 2.75) is 25.4 Å². The van der Waals surface area contributed by atoms with Crippen LogP contribution in [-0.4, -0.2) is 35.3 Å². The molecule has 2 heterocycles. The average molecular weight is 341 g/mol. The molecule has 0 saturated carbocycles. The summed E-state index contributed by atoms with van der Waals surface area (Å²) in [5.74, 6) is -0.175. The number of rotatable bonds is 7. The van der Waals surface area contributed by atoms with Crippen molar-refractivity contribution in [3.8, 4) is 0 Å². The minimum atomic E-state index is -0.834. The largest absolute Gasteiger partial charge is 0.467 e. The van der Waals surface area contributed by atoms with E-state index in [9.17, 15) is 14.4 Å². The summed E-state index contributed by atoms with van der Waals surface area (Å²) < 4.78 is 5.15. The van der Waals surface area contributed by atoms with Crippen molar-refractivity contribution in [3.63, 3.8) is 0 Å². The first-order valence-electron chi connectivity index (χ1n) is 8.08. The third-order valence-electron chi connectivity index (χ3n) is 3.97. The van der Waals surface area contributed by atoms with Gasteiger partial charge in [-0.3, -0.25) is 14.5 Å². The van der Waals surface area contributed by atoms with Gasteiger partial charge in [-0.1, -0.05) is 30.3 Å². The van der Waals surface area contributed by atoms with Crippen molar-refractivity contribution in [1.29, 1.82) is 0 Å². The molecule has 0 aliphatic carbocycles. The van der Waals surface area contributed by atoms with Gasteiger partial charge in [-0.25, -0.2) is 4.79 Å². The monoisotopic (exact) mass is 341 g/mol. The fourth-order valence-electron chi connectivity index (χ4n) is 2.67. The summed E-state index contributed by atoms with van der Waals surface area (Å²) >= 11 is 0. The molecule has 7 nitrogen and oxygen atoms in total. The second kappa shape index (κ2) is 7.65. The SMILES string of the molecule is O=C(C[C@@H]1NC(=O)N(Cc2ccco2)C1=O)NCCc1ccccc1. The predicted molar refractivity (Wildman–Crippen MR) is 89.4 cm³/mol. The lowest BCUT2D eigenvalue weighted by molar-refractivity contribution is -0.131. The van der Waals surface area contributed by atoms with Gasteiger partial charge in [0.2, 0.25) is 5.91 Å². The first kappa shape index (κ1) is 16.8. The summed E-state index contributed by atoms with van der Waals surface area (Å²) in [6.45, 7) is 0.539. The van der Waals surface area contributed by atoms with E-state index in [0.717, 1.165) is 10.5 Å². The van der Waals surface area contributed by atoms with Gasteiger partial charge < -0.3 is 15.1 Å². The molecule has 2 N–H and O–H groups in total. The molecule has 0 spiro atoms. The van der Waals surface area contributed by atoms with Gasteiger partial charge in [0.25, 0.3) is 5.91 Å². The Labute approximate surface area is 145 Å². The number of nitrogens with one attached hydrogen (secondary N) is 2. The quantitative estimate of drug-likeness (QED) is 0.746. The Balaban J connectivity index is 1.46. The molecule has 1 aliphatic rings. The predicted octanol–water partition coefficient (Wildman–Crippen LogP) is 1.45. The molecule has 0 radical (unpaired) electrons. The van der Waals surface area contributed by atoms with Crippen LogP contribution in [0.2, 0.25) is 0 Å². The lowest BCUT2D eigenvalue weighted by atomic mass is 10.1. The summed E-state index contributed by atoms with van der Waals surface area (Å²) in [5, 5.41) is 5.31. The Bertz CT molecular complexity index is 743. The zero-order valence-corrected chi connectivity index (χ0v) is 13.6. The summed E-state index contributed by atoms with van der Waals surface area (Å²) in [4.78, 5) is 37.3. The van der Waals surface area contributed by atoms with E-state index in [1.54, 1.807) is 12.1 Å². The first-order chi connectivity index (χ1) is 12.1. The number of hydrogen-bond acceptors (Lipinski definition) is 4. The highest BCUT2D eigenvalue weighted by molar-refractivity contribution is 6.05. The van der Waals surface area contributed by atoms with Gasteiger partial charge in [0.1, 0.15) is 11.8 Å². The van der Waals surface area contributed by atoms with Crippen LogP contribution in [0.3, 0.4) is 0 Å². The zero-order valence-electron chi connectivity index (χ0n) is 13.6. The number of amides is 4. The number of imide groups is 1. The molecule has 7 heteroatoms. The van der Waals surface area contributed by atoms with Gasteiger partial charge in [-0.15, -0.1) is 0 Å². The number of carbonyl (C=O) groups excluding carboxylic acids is 3. The molecule has 1 aromatic carbocycles. The second-order valence-corrected chi connectivity index (χ2v) is 5.80. The highest BCUT2D eigenvalue weighted by Crippen LogP contribution is 2.14. The standard InChI is InChI=1S/C18H19N3O4/c22-16(19-9-8-13-5-2-1-3-6-13)11-15-17(23)21(18(24)20-15)12-14-7-4-10-25-14/h1-7,10,15H,8-9,11-12H2,(H,19,22)(H,20,24)/t15-/m0/s1. The fourth-order valence-corrected chi connectivity index (χ4v) is 2.67. The van der Waals surface area contributed by atoms with Crippen LogP contribution in [-0.2, 0) is 22.6 Å². The maximum atomic E-state index is 12.3. The van der Waals surface area contributed by atoms with E-state index in [1.165, 1.54) is 6.26 Å². The molecular formula is C18H19N3O4. The fraction of sp³-hybridized carbons (Fsp3) is 0.278. The number of carbonyl (C=O) groups is 3. The normalized spacial score (nSPS) is 16.8. The van der Waals surface area contributed by atoms with Crippen LogP contribution in [0.5, 0.6) is 0 Å². The molecular weight excluding hydrogens is 322 g/mol. The number of benzene rings is 1. The van der Waals surface area contributed by atoms with Crippen molar-refractivity contribution in [1.82, 2.24) is 15.5 Å². The third-order valence-corrected chi connectivity index (χ3v) is 3.97. The number of urea groups is 1. The zero-order chi connectivity index (χ0) is 17.6. The van der Waals surface area contributed by atoms with Crippen LogP contribution in [0, 0.1) is 0 Å². The molecule has 2 aromatic rings. The van der Waals surface area contributed by atoms with Crippen LogP contribution in [0.1, 0.15) is 17.7 Å². The van der Waals surface area contributed by atoms with Gasteiger partial charge in [-0.05, 0) is 24.1 Å². The lowest BCUT2D eigenvalue weighted by Gasteiger charge is -2.11.